The molecule has 0 aliphatic rings. The summed E-state index contributed by atoms with van der Waals surface area (Å²) in [6, 6.07) is 21.3. The fraction of sp³-hybridized carbons (Fsp3) is 0.200. The van der Waals surface area contributed by atoms with Gasteiger partial charge in [-0.25, -0.2) is 0 Å². The Bertz CT molecular complexity index is 1440. The Labute approximate surface area is 222 Å². The van der Waals surface area contributed by atoms with E-state index in [4.69, 9.17) is 21.1 Å². The zero-order chi connectivity index (χ0) is 26.4. The summed E-state index contributed by atoms with van der Waals surface area (Å²) in [6.07, 6.45) is 3.28. The van der Waals surface area contributed by atoms with Crippen LogP contribution in [0.5, 0.6) is 11.5 Å². The van der Waals surface area contributed by atoms with Crippen molar-refractivity contribution >= 4 is 29.3 Å². The maximum absolute atomic E-state index is 12.8. The van der Waals surface area contributed by atoms with Crippen LogP contribution in [0.2, 0.25) is 5.02 Å². The maximum atomic E-state index is 12.8. The highest BCUT2D eigenvalue weighted by molar-refractivity contribution is 6.31. The van der Waals surface area contributed by atoms with Crippen LogP contribution < -0.4 is 14.8 Å². The van der Waals surface area contributed by atoms with Crippen molar-refractivity contribution in [3.8, 4) is 11.5 Å². The lowest BCUT2D eigenvalue weighted by atomic mass is 10.1. The van der Waals surface area contributed by atoms with Crippen molar-refractivity contribution < 1.29 is 14.3 Å². The molecule has 4 aromatic rings. The molecule has 0 bridgehead atoms. The minimum absolute atomic E-state index is 0.239. The first-order valence-electron chi connectivity index (χ1n) is 12.0. The number of rotatable bonds is 9. The van der Waals surface area contributed by atoms with E-state index in [0.29, 0.717) is 23.9 Å². The Balaban J connectivity index is 1.45. The van der Waals surface area contributed by atoms with Gasteiger partial charge in [-0.2, -0.15) is 5.10 Å². The van der Waals surface area contributed by atoms with Crippen molar-refractivity contribution in [2.45, 2.75) is 33.9 Å². The molecule has 0 saturated carbocycles. The average molecular weight is 516 g/mol. The number of carbonyl (C=O) groups excluding carboxylic acids is 1. The zero-order valence-corrected chi connectivity index (χ0v) is 22.2. The van der Waals surface area contributed by atoms with Crippen LogP contribution in [0.25, 0.3) is 6.08 Å². The molecule has 0 saturated heterocycles. The van der Waals surface area contributed by atoms with Crippen LogP contribution in [0.1, 0.15) is 33.6 Å². The molecular formula is C30H30ClN3O3. The first-order valence-corrected chi connectivity index (χ1v) is 12.4. The molecule has 1 heterocycles. The SMILES string of the molecule is COc1ccc(/C=C/C(=O)Nc2c(C)nn(Cc3ccccc3Cl)c2C)cc1COc1ccccc1C. The molecule has 0 atom stereocenters. The molecular weight excluding hydrogens is 486 g/mol. The van der Waals surface area contributed by atoms with E-state index in [2.05, 4.69) is 10.4 Å². The average Bonchev–Trinajstić information content (AvgIpc) is 3.15. The maximum Gasteiger partial charge on any atom is 0.248 e. The number of ether oxygens (including phenoxy) is 2. The Morgan fingerprint density at radius 1 is 1.00 bits per heavy atom. The van der Waals surface area contributed by atoms with E-state index in [9.17, 15) is 4.79 Å². The van der Waals surface area contributed by atoms with Gasteiger partial charge in [-0.3, -0.25) is 9.48 Å². The van der Waals surface area contributed by atoms with E-state index in [-0.39, 0.29) is 5.91 Å². The third-order valence-corrected chi connectivity index (χ3v) is 6.48. The van der Waals surface area contributed by atoms with Crippen LogP contribution in [0.4, 0.5) is 5.69 Å². The molecule has 0 aliphatic heterocycles. The number of amides is 1. The fourth-order valence-electron chi connectivity index (χ4n) is 4.05. The van der Waals surface area contributed by atoms with E-state index in [0.717, 1.165) is 45.1 Å². The number of aryl methyl sites for hydroxylation is 2. The molecule has 3 aromatic carbocycles. The molecule has 0 spiro atoms. The lowest BCUT2D eigenvalue weighted by molar-refractivity contribution is -0.111. The number of benzene rings is 3. The minimum atomic E-state index is -0.239. The summed E-state index contributed by atoms with van der Waals surface area (Å²) < 4.78 is 13.4. The van der Waals surface area contributed by atoms with Gasteiger partial charge in [0.25, 0.3) is 0 Å². The third-order valence-electron chi connectivity index (χ3n) is 6.12. The van der Waals surface area contributed by atoms with Crippen LogP contribution in [-0.4, -0.2) is 22.8 Å². The van der Waals surface area contributed by atoms with E-state index in [1.165, 1.54) is 6.08 Å². The minimum Gasteiger partial charge on any atom is -0.496 e. The van der Waals surface area contributed by atoms with Crippen molar-refractivity contribution in [3.05, 3.63) is 111 Å². The number of halogens is 1. The van der Waals surface area contributed by atoms with Crippen molar-refractivity contribution in [2.75, 3.05) is 12.4 Å². The summed E-state index contributed by atoms with van der Waals surface area (Å²) in [7, 11) is 1.63. The van der Waals surface area contributed by atoms with Gasteiger partial charge in [0.15, 0.2) is 0 Å². The quantitative estimate of drug-likeness (QED) is 0.250. The summed E-state index contributed by atoms with van der Waals surface area (Å²) in [5.74, 6) is 1.31. The summed E-state index contributed by atoms with van der Waals surface area (Å²) >= 11 is 6.31. The first kappa shape index (κ1) is 26.0. The van der Waals surface area contributed by atoms with Gasteiger partial charge >= 0.3 is 0 Å². The van der Waals surface area contributed by atoms with Gasteiger partial charge in [0, 0.05) is 16.7 Å². The van der Waals surface area contributed by atoms with Gasteiger partial charge in [-0.15, -0.1) is 0 Å². The number of aromatic nitrogens is 2. The molecule has 4 rings (SSSR count). The molecule has 0 aliphatic carbocycles. The number of hydrogen-bond acceptors (Lipinski definition) is 4. The third kappa shape index (κ3) is 6.40. The first-order chi connectivity index (χ1) is 17.9. The molecule has 37 heavy (non-hydrogen) atoms. The summed E-state index contributed by atoms with van der Waals surface area (Å²) in [5.41, 5.74) is 6.08. The number of carbonyl (C=O) groups is 1. The lowest BCUT2D eigenvalue weighted by Crippen LogP contribution is -2.10. The van der Waals surface area contributed by atoms with E-state index in [1.807, 2.05) is 92.2 Å². The van der Waals surface area contributed by atoms with Gasteiger partial charge in [-0.05, 0) is 67.8 Å². The molecule has 0 unspecified atom stereocenters. The highest BCUT2D eigenvalue weighted by Gasteiger charge is 2.14. The highest BCUT2D eigenvalue weighted by atomic mass is 35.5. The molecule has 6 nitrogen and oxygen atoms in total. The Morgan fingerprint density at radius 2 is 1.76 bits per heavy atom. The second-order valence-corrected chi connectivity index (χ2v) is 9.15. The van der Waals surface area contributed by atoms with Crippen LogP contribution >= 0.6 is 11.6 Å². The second-order valence-electron chi connectivity index (χ2n) is 8.74. The number of nitrogens with one attached hydrogen (secondary N) is 1. The van der Waals surface area contributed by atoms with E-state index >= 15 is 0 Å². The van der Waals surface area contributed by atoms with Crippen molar-refractivity contribution in [2.24, 2.45) is 0 Å². The lowest BCUT2D eigenvalue weighted by Gasteiger charge is -2.12. The van der Waals surface area contributed by atoms with Gasteiger partial charge < -0.3 is 14.8 Å². The van der Waals surface area contributed by atoms with Crippen molar-refractivity contribution in [3.63, 3.8) is 0 Å². The molecule has 1 aromatic heterocycles. The van der Waals surface area contributed by atoms with Crippen molar-refractivity contribution in [1.82, 2.24) is 9.78 Å². The molecule has 7 heteroatoms. The molecule has 0 radical (unpaired) electrons. The van der Waals surface area contributed by atoms with Gasteiger partial charge in [0.1, 0.15) is 18.1 Å². The predicted molar refractivity (Wildman–Crippen MR) is 148 cm³/mol. The highest BCUT2D eigenvalue weighted by Crippen LogP contribution is 2.25. The Kier molecular flexibility index (Phi) is 8.31. The monoisotopic (exact) mass is 515 g/mol. The van der Waals surface area contributed by atoms with Gasteiger partial charge in [0.2, 0.25) is 5.91 Å². The number of anilines is 1. The number of nitrogens with zero attached hydrogens (tertiary/aromatic N) is 2. The van der Waals surface area contributed by atoms with Crippen LogP contribution in [0.3, 0.4) is 0 Å². The largest absolute Gasteiger partial charge is 0.496 e. The summed E-state index contributed by atoms with van der Waals surface area (Å²) in [4.78, 5) is 12.8. The number of para-hydroxylation sites is 1. The van der Waals surface area contributed by atoms with Crippen LogP contribution in [-0.2, 0) is 17.9 Å². The predicted octanol–water partition coefficient (Wildman–Crippen LogP) is 6.75. The van der Waals surface area contributed by atoms with Gasteiger partial charge in [0.05, 0.1) is 30.7 Å². The Hall–Kier alpha value is -4.03. The summed E-state index contributed by atoms with van der Waals surface area (Å²) in [5, 5.41) is 8.25. The standard InChI is InChI=1S/C30H30ClN3O3/c1-20-9-5-8-12-27(20)37-19-25-17-23(13-15-28(25)36-4)14-16-29(35)32-30-21(2)33-34(22(30)3)18-24-10-6-7-11-26(24)31/h5-17H,18-19H2,1-4H3,(H,32,35)/b16-14+. The van der Waals surface area contributed by atoms with Gasteiger partial charge in [-0.1, -0.05) is 54.1 Å². The normalized spacial score (nSPS) is 11.1. The number of methoxy groups -OCH3 is 1. The molecule has 0 fully saturated rings. The van der Waals surface area contributed by atoms with E-state index < -0.39 is 0 Å². The number of hydrogen-bond donors (Lipinski definition) is 1. The van der Waals surface area contributed by atoms with Crippen LogP contribution in [0.15, 0.2) is 72.8 Å². The second kappa shape index (κ2) is 11.8. The van der Waals surface area contributed by atoms with Crippen LogP contribution in [0, 0.1) is 20.8 Å². The smallest absolute Gasteiger partial charge is 0.248 e. The fourth-order valence-corrected chi connectivity index (χ4v) is 4.24. The molecule has 190 valence electrons. The zero-order valence-electron chi connectivity index (χ0n) is 21.4. The topological polar surface area (TPSA) is 65.4 Å². The molecule has 1 amide bonds. The summed E-state index contributed by atoms with van der Waals surface area (Å²) in [6.45, 7) is 6.69. The van der Waals surface area contributed by atoms with Crippen molar-refractivity contribution in [1.29, 1.82) is 0 Å². The molecule has 1 N–H and O–H groups in total. The van der Waals surface area contributed by atoms with E-state index in [1.54, 1.807) is 13.2 Å². The Morgan fingerprint density at radius 3 is 2.51 bits per heavy atom.